The van der Waals surface area contributed by atoms with Gasteiger partial charge in [0.1, 0.15) is 23.1 Å². The molecule has 25 heavy (non-hydrogen) atoms. The van der Waals surface area contributed by atoms with Crippen LogP contribution in [0.4, 0.5) is 14.5 Å². The van der Waals surface area contributed by atoms with E-state index in [1.54, 1.807) is 6.92 Å². The first-order valence-corrected chi connectivity index (χ1v) is 8.62. The smallest absolute Gasteiger partial charge is 0.265 e. The lowest BCUT2D eigenvalue weighted by Gasteiger charge is -2.20. The Morgan fingerprint density at radius 1 is 1.12 bits per heavy atom. The standard InChI is InChI=1S/C20H21F2NO2/c1-2-18(20(24)23-19-16(21)8-5-9-17(19)22)25-15-11-10-13-6-3-4-7-14(13)12-15/h5,8-12,18H,2-4,6-7H2,1H3,(H,23,24)/t18-/m0/s1. The molecule has 132 valence electrons. The van der Waals surface area contributed by atoms with Crippen LogP contribution < -0.4 is 10.1 Å². The summed E-state index contributed by atoms with van der Waals surface area (Å²) in [4.78, 5) is 12.4. The Bertz CT molecular complexity index is 756. The minimum atomic E-state index is -0.819. The second-order valence-corrected chi connectivity index (χ2v) is 6.24. The first-order valence-electron chi connectivity index (χ1n) is 8.62. The van der Waals surface area contributed by atoms with Gasteiger partial charge in [-0.1, -0.05) is 19.1 Å². The molecule has 1 N–H and O–H groups in total. The lowest BCUT2D eigenvalue weighted by atomic mass is 9.92. The summed E-state index contributed by atoms with van der Waals surface area (Å²) in [7, 11) is 0. The Kier molecular flexibility index (Phi) is 5.31. The number of rotatable bonds is 5. The number of benzene rings is 2. The molecule has 0 heterocycles. The van der Waals surface area contributed by atoms with Crippen LogP contribution in [0.15, 0.2) is 36.4 Å². The third-order valence-corrected chi connectivity index (χ3v) is 4.47. The summed E-state index contributed by atoms with van der Waals surface area (Å²) in [6.45, 7) is 1.79. The van der Waals surface area contributed by atoms with Crippen LogP contribution in [0.1, 0.15) is 37.3 Å². The zero-order valence-corrected chi connectivity index (χ0v) is 14.1. The highest BCUT2D eigenvalue weighted by Gasteiger charge is 2.22. The zero-order valence-electron chi connectivity index (χ0n) is 14.1. The van der Waals surface area contributed by atoms with Gasteiger partial charge in [-0.3, -0.25) is 4.79 Å². The number of hydrogen-bond donors (Lipinski definition) is 1. The molecule has 0 unspecified atom stereocenters. The molecule has 1 atom stereocenters. The minimum absolute atomic E-state index is 0.388. The maximum absolute atomic E-state index is 13.7. The van der Waals surface area contributed by atoms with Crippen LogP contribution in [0.3, 0.4) is 0 Å². The largest absolute Gasteiger partial charge is 0.481 e. The molecule has 0 aromatic heterocycles. The molecule has 0 aliphatic heterocycles. The van der Waals surface area contributed by atoms with Crippen molar-refractivity contribution < 1.29 is 18.3 Å². The fourth-order valence-corrected chi connectivity index (χ4v) is 3.09. The number of hydrogen-bond acceptors (Lipinski definition) is 2. The average Bonchev–Trinajstić information content (AvgIpc) is 2.62. The summed E-state index contributed by atoms with van der Waals surface area (Å²) in [5.74, 6) is -1.57. The molecular weight excluding hydrogens is 324 g/mol. The summed E-state index contributed by atoms with van der Waals surface area (Å²) >= 11 is 0. The third-order valence-electron chi connectivity index (χ3n) is 4.47. The summed E-state index contributed by atoms with van der Waals surface area (Å²) in [5, 5.41) is 2.30. The number of aryl methyl sites for hydroxylation is 2. The van der Waals surface area contributed by atoms with Crippen molar-refractivity contribution in [2.45, 2.75) is 45.1 Å². The number of nitrogens with one attached hydrogen (secondary N) is 1. The number of carbonyl (C=O) groups excluding carboxylic acids is 1. The van der Waals surface area contributed by atoms with Gasteiger partial charge in [0.25, 0.3) is 5.91 Å². The molecule has 2 aromatic carbocycles. The molecule has 0 spiro atoms. The van der Waals surface area contributed by atoms with Gasteiger partial charge in [-0.25, -0.2) is 8.78 Å². The molecule has 1 amide bonds. The van der Waals surface area contributed by atoms with Crippen molar-refractivity contribution in [1.29, 1.82) is 0 Å². The number of ether oxygens (including phenoxy) is 1. The Morgan fingerprint density at radius 2 is 1.80 bits per heavy atom. The third kappa shape index (κ3) is 3.98. The lowest BCUT2D eigenvalue weighted by molar-refractivity contribution is -0.122. The number of amides is 1. The predicted octanol–water partition coefficient (Wildman–Crippen LogP) is 4.64. The molecule has 0 saturated carbocycles. The lowest BCUT2D eigenvalue weighted by Crippen LogP contribution is -2.33. The molecule has 1 aliphatic rings. The molecule has 0 fully saturated rings. The van der Waals surface area contributed by atoms with Crippen molar-refractivity contribution in [2.24, 2.45) is 0 Å². The number of para-hydroxylation sites is 1. The second-order valence-electron chi connectivity index (χ2n) is 6.24. The molecule has 0 saturated heterocycles. The van der Waals surface area contributed by atoms with Crippen molar-refractivity contribution >= 4 is 11.6 Å². The number of fused-ring (bicyclic) bond motifs is 1. The molecule has 3 rings (SSSR count). The summed E-state index contributed by atoms with van der Waals surface area (Å²) in [6.07, 6.45) is 4.00. The van der Waals surface area contributed by atoms with Crippen molar-refractivity contribution in [2.75, 3.05) is 5.32 Å². The highest BCUT2D eigenvalue weighted by Crippen LogP contribution is 2.26. The number of anilines is 1. The average molecular weight is 345 g/mol. The van der Waals surface area contributed by atoms with E-state index in [2.05, 4.69) is 5.32 Å². The topological polar surface area (TPSA) is 38.3 Å². The minimum Gasteiger partial charge on any atom is -0.481 e. The van der Waals surface area contributed by atoms with Gasteiger partial charge in [-0.15, -0.1) is 0 Å². The van der Waals surface area contributed by atoms with E-state index in [-0.39, 0.29) is 0 Å². The van der Waals surface area contributed by atoms with Gasteiger partial charge in [0, 0.05) is 0 Å². The van der Waals surface area contributed by atoms with Gasteiger partial charge in [-0.05, 0) is 67.5 Å². The monoisotopic (exact) mass is 345 g/mol. The fourth-order valence-electron chi connectivity index (χ4n) is 3.09. The Morgan fingerprint density at radius 3 is 2.48 bits per heavy atom. The first kappa shape index (κ1) is 17.4. The van der Waals surface area contributed by atoms with Crippen molar-refractivity contribution in [1.82, 2.24) is 0 Å². The molecule has 0 bridgehead atoms. The van der Waals surface area contributed by atoms with Crippen LogP contribution in [0.5, 0.6) is 5.75 Å². The molecule has 3 nitrogen and oxygen atoms in total. The van der Waals surface area contributed by atoms with Crippen LogP contribution >= 0.6 is 0 Å². The van der Waals surface area contributed by atoms with Gasteiger partial charge in [0.05, 0.1) is 0 Å². The van der Waals surface area contributed by atoms with Crippen LogP contribution in [-0.2, 0) is 17.6 Å². The summed E-state index contributed by atoms with van der Waals surface area (Å²) in [6, 6.07) is 9.30. The van der Waals surface area contributed by atoms with Crippen LogP contribution in [-0.4, -0.2) is 12.0 Å². The molecule has 2 aromatic rings. The van der Waals surface area contributed by atoms with Crippen molar-refractivity contribution in [3.05, 3.63) is 59.2 Å². The molecule has 1 aliphatic carbocycles. The molecular formula is C20H21F2NO2. The molecule has 0 radical (unpaired) electrons. The fraction of sp³-hybridized carbons (Fsp3) is 0.350. The van der Waals surface area contributed by atoms with Gasteiger partial charge < -0.3 is 10.1 Å². The van der Waals surface area contributed by atoms with Gasteiger partial charge in [0.2, 0.25) is 0 Å². The van der Waals surface area contributed by atoms with Crippen LogP contribution in [0.25, 0.3) is 0 Å². The van der Waals surface area contributed by atoms with Crippen LogP contribution in [0.2, 0.25) is 0 Å². The van der Waals surface area contributed by atoms with Crippen molar-refractivity contribution in [3.8, 4) is 5.75 Å². The Balaban J connectivity index is 1.73. The quantitative estimate of drug-likeness (QED) is 0.857. The van der Waals surface area contributed by atoms with E-state index in [9.17, 15) is 13.6 Å². The predicted molar refractivity (Wildman–Crippen MR) is 92.8 cm³/mol. The van der Waals surface area contributed by atoms with Gasteiger partial charge >= 0.3 is 0 Å². The van der Waals surface area contributed by atoms with E-state index in [0.717, 1.165) is 31.4 Å². The van der Waals surface area contributed by atoms with Gasteiger partial charge in [-0.2, -0.15) is 0 Å². The zero-order chi connectivity index (χ0) is 17.8. The highest BCUT2D eigenvalue weighted by atomic mass is 19.1. The van der Waals surface area contributed by atoms with Crippen molar-refractivity contribution in [3.63, 3.8) is 0 Å². The molecule has 5 heteroatoms. The van der Waals surface area contributed by atoms with E-state index in [4.69, 9.17) is 4.74 Å². The van der Waals surface area contributed by atoms with E-state index in [0.29, 0.717) is 12.2 Å². The maximum atomic E-state index is 13.7. The first-order chi connectivity index (χ1) is 12.1. The highest BCUT2D eigenvalue weighted by molar-refractivity contribution is 5.94. The van der Waals surface area contributed by atoms with E-state index in [1.165, 1.54) is 23.6 Å². The SMILES string of the molecule is CC[C@H](Oc1ccc2c(c1)CCCC2)C(=O)Nc1c(F)cccc1F. The van der Waals surface area contributed by atoms with E-state index in [1.807, 2.05) is 18.2 Å². The maximum Gasteiger partial charge on any atom is 0.265 e. The Labute approximate surface area is 146 Å². The Hall–Kier alpha value is -2.43. The van der Waals surface area contributed by atoms with Crippen LogP contribution in [0, 0.1) is 11.6 Å². The van der Waals surface area contributed by atoms with Gasteiger partial charge in [0.15, 0.2) is 6.10 Å². The van der Waals surface area contributed by atoms with E-state index < -0.39 is 29.3 Å². The summed E-state index contributed by atoms with van der Waals surface area (Å²) < 4.78 is 33.2. The van der Waals surface area contributed by atoms with E-state index >= 15 is 0 Å². The normalized spacial score (nSPS) is 14.5. The number of halogens is 2. The second kappa shape index (κ2) is 7.64. The summed E-state index contributed by atoms with van der Waals surface area (Å²) in [5.41, 5.74) is 2.13. The number of carbonyl (C=O) groups is 1.